The summed E-state index contributed by atoms with van der Waals surface area (Å²) in [7, 11) is 1.89. The number of urea groups is 1. The Labute approximate surface area is 177 Å². The molecular formula is C21H20N4O4S. The van der Waals surface area contributed by atoms with Crippen molar-refractivity contribution >= 4 is 29.4 Å². The summed E-state index contributed by atoms with van der Waals surface area (Å²) in [6, 6.07) is 14.3. The van der Waals surface area contributed by atoms with Gasteiger partial charge >= 0.3 is 6.03 Å². The van der Waals surface area contributed by atoms with Crippen LogP contribution >= 0.6 is 11.8 Å². The van der Waals surface area contributed by atoms with Crippen LogP contribution in [0.15, 0.2) is 59.9 Å². The molecule has 2 N–H and O–H groups in total. The highest BCUT2D eigenvalue weighted by Gasteiger charge is 2.15. The lowest BCUT2D eigenvalue weighted by Gasteiger charge is -2.19. The highest BCUT2D eigenvalue weighted by Crippen LogP contribution is 2.32. The number of ether oxygens (including phenoxy) is 2. The van der Waals surface area contributed by atoms with Crippen LogP contribution in [0.5, 0.6) is 11.5 Å². The Morgan fingerprint density at radius 3 is 2.67 bits per heavy atom. The molecule has 0 unspecified atom stereocenters. The molecule has 1 aliphatic heterocycles. The van der Waals surface area contributed by atoms with E-state index in [0.29, 0.717) is 35.6 Å². The zero-order valence-corrected chi connectivity index (χ0v) is 17.1. The van der Waals surface area contributed by atoms with Crippen LogP contribution in [0.2, 0.25) is 0 Å². The average molecular weight is 424 g/mol. The van der Waals surface area contributed by atoms with Crippen molar-refractivity contribution in [2.45, 2.75) is 5.16 Å². The van der Waals surface area contributed by atoms with Crippen LogP contribution in [0.3, 0.4) is 0 Å². The number of carbonyl (C=O) groups is 2. The first kappa shape index (κ1) is 19.8. The Morgan fingerprint density at radius 2 is 1.87 bits per heavy atom. The smallest absolute Gasteiger partial charge is 0.325 e. The molecular weight excluding hydrogens is 404 g/mol. The third-order valence-corrected chi connectivity index (χ3v) is 5.44. The number of carbonyl (C=O) groups excluding carboxylic acids is 2. The summed E-state index contributed by atoms with van der Waals surface area (Å²) in [4.78, 5) is 28.6. The maximum atomic E-state index is 12.2. The molecule has 1 aliphatic rings. The van der Waals surface area contributed by atoms with E-state index in [9.17, 15) is 9.59 Å². The van der Waals surface area contributed by atoms with Gasteiger partial charge in [-0.05, 0) is 17.7 Å². The maximum absolute atomic E-state index is 12.2. The predicted octanol–water partition coefficient (Wildman–Crippen LogP) is 3.30. The first-order chi connectivity index (χ1) is 14.6. The molecule has 0 fully saturated rings. The summed E-state index contributed by atoms with van der Waals surface area (Å²) < 4.78 is 12.8. The fourth-order valence-electron chi connectivity index (χ4n) is 2.98. The standard InChI is InChI=1S/C21H20N4O4S/c1-25-16(14-5-3-2-4-6-14)12-22-21(25)30-13-19(26)24-20(27)23-15-7-8-17-18(11-15)29-10-9-28-17/h2-8,11-12H,9-10,13H2,1H3,(H2,23,24,26,27). The monoisotopic (exact) mass is 424 g/mol. The number of anilines is 1. The molecule has 0 radical (unpaired) electrons. The number of rotatable bonds is 5. The summed E-state index contributed by atoms with van der Waals surface area (Å²) in [6.07, 6.45) is 1.77. The third kappa shape index (κ3) is 4.57. The van der Waals surface area contributed by atoms with Crippen LogP contribution in [0, 0.1) is 0 Å². The van der Waals surface area contributed by atoms with Gasteiger partial charge in [0.25, 0.3) is 0 Å². The van der Waals surface area contributed by atoms with Crippen LogP contribution in [-0.2, 0) is 11.8 Å². The average Bonchev–Trinajstić information content (AvgIpc) is 3.13. The number of nitrogens with one attached hydrogen (secondary N) is 2. The van der Waals surface area contributed by atoms with Crippen molar-refractivity contribution in [3.8, 4) is 22.8 Å². The lowest BCUT2D eigenvalue weighted by Crippen LogP contribution is -2.35. The molecule has 0 aliphatic carbocycles. The number of fused-ring (bicyclic) bond motifs is 1. The van der Waals surface area contributed by atoms with E-state index >= 15 is 0 Å². The minimum Gasteiger partial charge on any atom is -0.486 e. The summed E-state index contributed by atoms with van der Waals surface area (Å²) in [5.41, 5.74) is 2.51. The van der Waals surface area contributed by atoms with Crippen LogP contribution in [0.1, 0.15) is 0 Å². The first-order valence-electron chi connectivity index (χ1n) is 9.30. The van der Waals surface area contributed by atoms with Gasteiger partial charge < -0.3 is 19.4 Å². The number of benzene rings is 2. The molecule has 1 aromatic heterocycles. The largest absolute Gasteiger partial charge is 0.486 e. The van der Waals surface area contributed by atoms with Gasteiger partial charge in [0.2, 0.25) is 5.91 Å². The lowest BCUT2D eigenvalue weighted by molar-refractivity contribution is -0.117. The zero-order chi connectivity index (χ0) is 20.9. The second kappa shape index (κ2) is 8.91. The molecule has 30 heavy (non-hydrogen) atoms. The minimum absolute atomic E-state index is 0.0631. The van der Waals surface area contributed by atoms with Gasteiger partial charge in [0, 0.05) is 18.8 Å². The van der Waals surface area contributed by atoms with Crippen molar-refractivity contribution in [1.82, 2.24) is 14.9 Å². The fraction of sp³-hybridized carbons (Fsp3) is 0.190. The van der Waals surface area contributed by atoms with Crippen LogP contribution < -0.4 is 20.1 Å². The Balaban J connectivity index is 1.30. The predicted molar refractivity (Wildman–Crippen MR) is 114 cm³/mol. The highest BCUT2D eigenvalue weighted by atomic mass is 32.2. The molecule has 154 valence electrons. The molecule has 0 atom stereocenters. The molecule has 0 bridgehead atoms. The minimum atomic E-state index is -0.609. The van der Waals surface area contributed by atoms with Gasteiger partial charge in [-0.2, -0.15) is 0 Å². The van der Waals surface area contributed by atoms with Crippen LogP contribution in [0.25, 0.3) is 11.3 Å². The van der Waals surface area contributed by atoms with E-state index < -0.39 is 11.9 Å². The van der Waals surface area contributed by atoms with E-state index in [4.69, 9.17) is 9.47 Å². The van der Waals surface area contributed by atoms with Crippen molar-refractivity contribution in [1.29, 1.82) is 0 Å². The number of hydrogen-bond donors (Lipinski definition) is 2. The van der Waals surface area contributed by atoms with Gasteiger partial charge in [-0.3, -0.25) is 10.1 Å². The molecule has 3 amide bonds. The molecule has 0 spiro atoms. The summed E-state index contributed by atoms with van der Waals surface area (Å²) in [6.45, 7) is 0.951. The molecule has 8 nitrogen and oxygen atoms in total. The van der Waals surface area contributed by atoms with Gasteiger partial charge in [-0.1, -0.05) is 42.1 Å². The van der Waals surface area contributed by atoms with Crippen molar-refractivity contribution in [2.24, 2.45) is 7.05 Å². The zero-order valence-electron chi connectivity index (χ0n) is 16.3. The number of amides is 3. The molecule has 4 rings (SSSR count). The van der Waals surface area contributed by atoms with Gasteiger partial charge in [0.1, 0.15) is 13.2 Å². The number of nitrogens with zero attached hydrogens (tertiary/aromatic N) is 2. The Bertz CT molecular complexity index is 1070. The molecule has 9 heteroatoms. The van der Waals surface area contributed by atoms with Crippen molar-refractivity contribution in [3.63, 3.8) is 0 Å². The number of aromatic nitrogens is 2. The molecule has 3 aromatic rings. The Kier molecular flexibility index (Phi) is 5.89. The number of imide groups is 1. The van der Waals surface area contributed by atoms with E-state index in [1.807, 2.05) is 41.9 Å². The van der Waals surface area contributed by atoms with Gasteiger partial charge in [0.15, 0.2) is 16.7 Å². The van der Waals surface area contributed by atoms with Gasteiger partial charge in [-0.25, -0.2) is 9.78 Å². The quantitative estimate of drug-likeness (QED) is 0.611. The third-order valence-electron chi connectivity index (χ3n) is 4.40. The van der Waals surface area contributed by atoms with Crippen LogP contribution in [0.4, 0.5) is 10.5 Å². The number of hydrogen-bond acceptors (Lipinski definition) is 6. The fourth-order valence-corrected chi connectivity index (χ4v) is 3.73. The molecule has 0 saturated carbocycles. The lowest BCUT2D eigenvalue weighted by atomic mass is 10.2. The van der Waals surface area contributed by atoms with E-state index in [0.717, 1.165) is 11.3 Å². The molecule has 2 heterocycles. The summed E-state index contributed by atoms with van der Waals surface area (Å²) in [5.74, 6) is 0.835. The van der Waals surface area contributed by atoms with E-state index in [2.05, 4.69) is 15.6 Å². The van der Waals surface area contributed by atoms with Gasteiger partial charge in [0.05, 0.1) is 17.6 Å². The summed E-state index contributed by atoms with van der Waals surface area (Å²) in [5, 5.41) is 5.63. The van der Waals surface area contributed by atoms with Crippen molar-refractivity contribution < 1.29 is 19.1 Å². The highest BCUT2D eigenvalue weighted by molar-refractivity contribution is 7.99. The second-order valence-electron chi connectivity index (χ2n) is 6.50. The Hall–Kier alpha value is -3.46. The number of imidazole rings is 1. The summed E-state index contributed by atoms with van der Waals surface area (Å²) >= 11 is 1.26. The van der Waals surface area contributed by atoms with E-state index in [1.165, 1.54) is 11.8 Å². The second-order valence-corrected chi connectivity index (χ2v) is 7.44. The van der Waals surface area contributed by atoms with Crippen molar-refractivity contribution in [2.75, 3.05) is 24.3 Å². The van der Waals surface area contributed by atoms with E-state index in [-0.39, 0.29) is 5.75 Å². The molecule has 2 aromatic carbocycles. The normalized spacial score (nSPS) is 12.3. The molecule has 0 saturated heterocycles. The van der Waals surface area contributed by atoms with Gasteiger partial charge in [-0.15, -0.1) is 0 Å². The topological polar surface area (TPSA) is 94.5 Å². The van der Waals surface area contributed by atoms with Crippen LogP contribution in [-0.4, -0.2) is 40.5 Å². The maximum Gasteiger partial charge on any atom is 0.325 e. The van der Waals surface area contributed by atoms with E-state index in [1.54, 1.807) is 24.4 Å². The van der Waals surface area contributed by atoms with Crippen molar-refractivity contribution in [3.05, 3.63) is 54.7 Å². The Morgan fingerprint density at radius 1 is 1.10 bits per heavy atom. The first-order valence-corrected chi connectivity index (χ1v) is 10.3. The number of thioether (sulfide) groups is 1. The SMILES string of the molecule is Cn1c(-c2ccccc2)cnc1SCC(=O)NC(=O)Nc1ccc2c(c1)OCCO2.